The van der Waals surface area contributed by atoms with Crippen LogP contribution in [0.1, 0.15) is 13.8 Å². The highest BCUT2D eigenvalue weighted by Gasteiger charge is 2.51. The van der Waals surface area contributed by atoms with Gasteiger partial charge >= 0.3 is 0 Å². The first-order valence-electron chi connectivity index (χ1n) is 16.2. The third-order valence-electron chi connectivity index (χ3n) is 9.26. The SMILES string of the molecule is CC1O[C@@H](O[C@@H]2C(O)[C@H](OCC3O[C@@H](Oc4c(-c5ccc(O)cc5)oc5cc(O)cc(O)c5c4=O)C(O)C(O)[C@H]3O)OC(C)[C@@H]2O)C(O)[C@@H](O)[C@H]1O. The maximum Gasteiger partial charge on any atom is 0.239 e. The Morgan fingerprint density at radius 2 is 1.27 bits per heavy atom. The molecule has 11 N–H and O–H groups in total. The van der Waals surface area contributed by atoms with Crippen LogP contribution in [0.5, 0.6) is 23.0 Å². The smallest absolute Gasteiger partial charge is 0.239 e. The summed E-state index contributed by atoms with van der Waals surface area (Å²) in [6.45, 7) is 2.16. The molecular weight excluding hydrogens is 700 g/mol. The fourth-order valence-corrected chi connectivity index (χ4v) is 6.21. The molecule has 52 heavy (non-hydrogen) atoms. The zero-order valence-electron chi connectivity index (χ0n) is 27.5. The molecule has 2 aromatic carbocycles. The summed E-state index contributed by atoms with van der Waals surface area (Å²) in [6.07, 6.45) is -24.1. The largest absolute Gasteiger partial charge is 0.508 e. The molecule has 3 aliphatic heterocycles. The van der Waals surface area contributed by atoms with E-state index in [1.54, 1.807) is 0 Å². The standard InChI is InChI=1S/C33H40O19/c1-10-19(37)23(41)25(43)32(48-10)51-29-20(38)11(2)47-31(27(29)45)46-9-17-21(39)24(42)26(44)33(50-17)52-30-22(40)18-15(36)7-14(35)8-16(18)49-28(30)12-3-5-13(34)6-4-12/h3-8,10-11,17,19-21,23-27,29,31-39,41-45H,9H2,1-2H3/t10?,11?,17?,19-,20-,21-,23-,24?,25?,26?,27?,29-,31+,32-,33-/m0/s1. The molecule has 0 amide bonds. The van der Waals surface area contributed by atoms with Crippen molar-refractivity contribution in [3.63, 3.8) is 0 Å². The third kappa shape index (κ3) is 7.16. The van der Waals surface area contributed by atoms with Gasteiger partial charge in [0, 0.05) is 17.7 Å². The Hall–Kier alpha value is -3.67. The summed E-state index contributed by atoms with van der Waals surface area (Å²) < 4.78 is 39.6. The monoisotopic (exact) mass is 740 g/mol. The second-order valence-corrected chi connectivity index (χ2v) is 12.9. The highest BCUT2D eigenvalue weighted by atomic mass is 16.7. The van der Waals surface area contributed by atoms with Crippen molar-refractivity contribution in [3.05, 3.63) is 46.6 Å². The van der Waals surface area contributed by atoms with Gasteiger partial charge in [-0.15, -0.1) is 0 Å². The Kier molecular flexibility index (Phi) is 11.0. The molecule has 0 saturated carbocycles. The Bertz CT molecular complexity index is 1770. The Labute approximate surface area is 293 Å². The molecule has 0 spiro atoms. The number of phenols is 3. The number of fused-ring (bicyclic) bond motifs is 1. The Morgan fingerprint density at radius 1 is 0.654 bits per heavy atom. The second kappa shape index (κ2) is 15.0. The van der Waals surface area contributed by atoms with Crippen LogP contribution in [0.2, 0.25) is 0 Å². The van der Waals surface area contributed by atoms with Crippen molar-refractivity contribution in [2.45, 2.75) is 106 Å². The third-order valence-corrected chi connectivity index (χ3v) is 9.26. The molecular formula is C33H40O19. The lowest BCUT2D eigenvalue weighted by Crippen LogP contribution is -2.64. The van der Waals surface area contributed by atoms with Crippen molar-refractivity contribution >= 4 is 11.0 Å². The lowest BCUT2D eigenvalue weighted by molar-refractivity contribution is -0.358. The minimum atomic E-state index is -1.98. The highest BCUT2D eigenvalue weighted by molar-refractivity contribution is 5.88. The van der Waals surface area contributed by atoms with Crippen molar-refractivity contribution in [2.75, 3.05) is 6.61 Å². The van der Waals surface area contributed by atoms with Crippen LogP contribution in [0.25, 0.3) is 22.3 Å². The molecule has 4 heterocycles. The fraction of sp³-hybridized carbons (Fsp3) is 0.545. The maximum atomic E-state index is 13.7. The molecule has 19 nitrogen and oxygen atoms in total. The number of benzene rings is 2. The van der Waals surface area contributed by atoms with Crippen LogP contribution in [-0.2, 0) is 23.7 Å². The van der Waals surface area contributed by atoms with Crippen LogP contribution < -0.4 is 10.2 Å². The second-order valence-electron chi connectivity index (χ2n) is 12.9. The van der Waals surface area contributed by atoms with E-state index in [-0.39, 0.29) is 22.7 Å². The summed E-state index contributed by atoms with van der Waals surface area (Å²) in [5.74, 6) is -2.13. The van der Waals surface area contributed by atoms with Crippen LogP contribution in [0.15, 0.2) is 45.6 Å². The van der Waals surface area contributed by atoms with E-state index in [2.05, 4.69) is 0 Å². The molecule has 3 saturated heterocycles. The van der Waals surface area contributed by atoms with E-state index in [4.69, 9.17) is 32.8 Å². The van der Waals surface area contributed by atoms with E-state index in [1.165, 1.54) is 38.1 Å². The average Bonchev–Trinajstić information content (AvgIpc) is 3.10. The molecule has 0 bridgehead atoms. The fourth-order valence-electron chi connectivity index (χ4n) is 6.21. The normalized spacial score (nSPS) is 38.3. The number of aliphatic hydroxyl groups is 8. The van der Waals surface area contributed by atoms with Crippen LogP contribution in [-0.4, -0.2) is 155 Å². The molecule has 19 heteroatoms. The molecule has 15 atom stereocenters. The van der Waals surface area contributed by atoms with E-state index in [0.29, 0.717) is 0 Å². The van der Waals surface area contributed by atoms with Gasteiger partial charge in [0.05, 0.1) is 18.8 Å². The summed E-state index contributed by atoms with van der Waals surface area (Å²) in [7, 11) is 0. The van der Waals surface area contributed by atoms with Crippen molar-refractivity contribution in [1.29, 1.82) is 0 Å². The molecule has 3 aliphatic rings. The molecule has 6 rings (SSSR count). The van der Waals surface area contributed by atoms with E-state index in [0.717, 1.165) is 12.1 Å². The molecule has 7 unspecified atom stereocenters. The van der Waals surface area contributed by atoms with Gasteiger partial charge in [0.15, 0.2) is 18.3 Å². The number of hydrogen-bond acceptors (Lipinski definition) is 19. The van der Waals surface area contributed by atoms with E-state index in [9.17, 15) is 61.0 Å². The maximum absolute atomic E-state index is 13.7. The predicted octanol–water partition coefficient (Wildman–Crippen LogP) is -2.54. The molecule has 3 fully saturated rings. The molecule has 286 valence electrons. The lowest BCUT2D eigenvalue weighted by atomic mass is 9.97. The van der Waals surface area contributed by atoms with E-state index in [1.807, 2.05) is 0 Å². The highest BCUT2D eigenvalue weighted by Crippen LogP contribution is 2.38. The quantitative estimate of drug-likeness (QED) is 0.113. The van der Waals surface area contributed by atoms with Crippen LogP contribution in [0.3, 0.4) is 0 Å². The van der Waals surface area contributed by atoms with Gasteiger partial charge in [-0.2, -0.15) is 0 Å². The van der Waals surface area contributed by atoms with Gasteiger partial charge in [-0.05, 0) is 38.1 Å². The minimum Gasteiger partial charge on any atom is -0.508 e. The van der Waals surface area contributed by atoms with Gasteiger partial charge in [-0.3, -0.25) is 4.79 Å². The zero-order chi connectivity index (χ0) is 37.8. The first kappa shape index (κ1) is 38.1. The minimum absolute atomic E-state index is 0.127. The molecule has 1 aromatic heterocycles. The van der Waals surface area contributed by atoms with Crippen LogP contribution >= 0.6 is 0 Å². The van der Waals surface area contributed by atoms with Gasteiger partial charge in [0.25, 0.3) is 0 Å². The predicted molar refractivity (Wildman–Crippen MR) is 170 cm³/mol. The average molecular weight is 741 g/mol. The topological polar surface area (TPSA) is 308 Å². The molecule has 3 aromatic rings. The summed E-state index contributed by atoms with van der Waals surface area (Å²) in [5.41, 5.74) is -1.06. The van der Waals surface area contributed by atoms with Crippen molar-refractivity contribution in [2.24, 2.45) is 0 Å². The van der Waals surface area contributed by atoms with Crippen molar-refractivity contribution in [1.82, 2.24) is 0 Å². The summed E-state index contributed by atoms with van der Waals surface area (Å²) in [6, 6.07) is 7.23. The number of rotatable bonds is 8. The van der Waals surface area contributed by atoms with Crippen molar-refractivity contribution in [3.8, 4) is 34.3 Å². The van der Waals surface area contributed by atoms with Gasteiger partial charge < -0.3 is 89.0 Å². The van der Waals surface area contributed by atoms with Gasteiger partial charge in [-0.25, -0.2) is 0 Å². The number of aromatic hydroxyl groups is 3. The zero-order valence-corrected chi connectivity index (χ0v) is 27.5. The number of ether oxygens (including phenoxy) is 6. The Balaban J connectivity index is 1.22. The van der Waals surface area contributed by atoms with Gasteiger partial charge in [0.2, 0.25) is 17.5 Å². The summed E-state index contributed by atoms with van der Waals surface area (Å²) in [4.78, 5) is 13.7. The van der Waals surface area contributed by atoms with E-state index >= 15 is 0 Å². The lowest BCUT2D eigenvalue weighted by Gasteiger charge is -2.46. The van der Waals surface area contributed by atoms with Gasteiger partial charge in [-0.1, -0.05) is 0 Å². The number of hydrogen-bond donors (Lipinski definition) is 11. The number of phenolic OH excluding ortho intramolecular Hbond substituents is 3. The van der Waals surface area contributed by atoms with Crippen LogP contribution in [0.4, 0.5) is 0 Å². The summed E-state index contributed by atoms with van der Waals surface area (Å²) >= 11 is 0. The van der Waals surface area contributed by atoms with Crippen molar-refractivity contribution < 1.29 is 89.0 Å². The molecule has 0 aliphatic carbocycles. The first-order valence-corrected chi connectivity index (χ1v) is 16.2. The Morgan fingerprint density at radius 3 is 1.96 bits per heavy atom. The van der Waals surface area contributed by atoms with Gasteiger partial charge in [0.1, 0.15) is 89.3 Å². The van der Waals surface area contributed by atoms with Crippen LogP contribution in [0, 0.1) is 0 Å². The summed E-state index contributed by atoms with van der Waals surface area (Å²) in [5, 5.41) is 115. The first-order chi connectivity index (χ1) is 24.6. The molecule has 0 radical (unpaired) electrons. The number of aliphatic hydroxyl groups excluding tert-OH is 8. The van der Waals surface area contributed by atoms with E-state index < -0.39 is 127 Å².